The number of hydrogen-bond donors (Lipinski definition) is 0. The minimum Gasteiger partial charge on any atom is -0.501 e. The summed E-state index contributed by atoms with van der Waals surface area (Å²) in [6.07, 6.45) is 8.60. The number of benzene rings is 3. The van der Waals surface area contributed by atoms with Crippen molar-refractivity contribution >= 4 is 35.2 Å². The van der Waals surface area contributed by atoms with Gasteiger partial charge >= 0.3 is 0 Å². The summed E-state index contributed by atoms with van der Waals surface area (Å²) in [5, 5.41) is 3.83. The molecule has 1 radical (unpaired) electrons. The molecule has 42 heavy (non-hydrogen) atoms. The summed E-state index contributed by atoms with van der Waals surface area (Å²) >= 11 is 0. The second-order valence-corrected chi connectivity index (χ2v) is 16.9. The summed E-state index contributed by atoms with van der Waals surface area (Å²) in [6.45, 7) is 5.06. The molecule has 3 aromatic heterocycles. The van der Waals surface area contributed by atoms with Crippen LogP contribution in [0.15, 0.2) is 95.7 Å². The van der Waals surface area contributed by atoms with Crippen LogP contribution >= 0.6 is 0 Å². The maximum atomic E-state index is 7.23. The fourth-order valence-corrected chi connectivity index (χ4v) is 6.76. The Hall–Kier alpha value is -3.37. The summed E-state index contributed by atoms with van der Waals surface area (Å²) < 4.78 is 28.0. The molecule has 0 aliphatic heterocycles. The van der Waals surface area contributed by atoms with Crippen LogP contribution in [0.1, 0.15) is 46.8 Å². The van der Waals surface area contributed by atoms with Gasteiger partial charge in [0.2, 0.25) is 0 Å². The van der Waals surface area contributed by atoms with Crippen LogP contribution in [0.25, 0.3) is 44.5 Å². The first-order valence-corrected chi connectivity index (χ1v) is 17.9. The molecule has 0 amide bonds. The van der Waals surface area contributed by atoms with Gasteiger partial charge in [0, 0.05) is 42.0 Å². The smallest absolute Gasteiger partial charge is 0.120 e. The largest absolute Gasteiger partial charge is 0.501 e. The van der Waals surface area contributed by atoms with Crippen LogP contribution in [0, 0.1) is 19.0 Å². The molecule has 0 spiro atoms. The Morgan fingerprint density at radius 3 is 2.43 bits per heavy atom. The van der Waals surface area contributed by atoms with Crippen LogP contribution in [-0.4, -0.2) is 18.0 Å². The maximum Gasteiger partial charge on any atom is 0.120 e. The van der Waals surface area contributed by atoms with Gasteiger partial charge in [-0.3, -0.25) is 0 Å². The van der Waals surface area contributed by atoms with Crippen molar-refractivity contribution in [2.24, 2.45) is 0 Å². The summed E-state index contributed by atoms with van der Waals surface area (Å²) in [6, 6.07) is 32.5. The van der Waals surface area contributed by atoms with Crippen LogP contribution < -0.4 is 5.19 Å². The van der Waals surface area contributed by atoms with Crippen molar-refractivity contribution in [3.8, 4) is 22.5 Å². The Balaban J connectivity index is 0.000000202. The Morgan fingerprint density at radius 1 is 0.857 bits per heavy atom. The van der Waals surface area contributed by atoms with Crippen LogP contribution in [0.4, 0.5) is 0 Å². The molecule has 0 bridgehead atoms. The van der Waals surface area contributed by atoms with Crippen molar-refractivity contribution in [3.63, 3.8) is 0 Å². The molecule has 5 heteroatoms. The standard InChI is InChI=1S/C25H26NOSi.C12H10N.Ir/c1-28(2,3)19-11-12-24-22(16-19)20-9-6-10-21(25(20)27-24)23-15-18(13-14-26-23)17-7-4-5-8-17;1-10-7-8-12(13-9-10)11-5-3-2-4-6-11;/h6,9,11-17H,4-5,7-8H2,1-3H3;2-5,7-9H,1H3;/q2*-1;/i;1D3;. The molecule has 1 aliphatic rings. The molecule has 3 heterocycles. The molecule has 1 aliphatic carbocycles. The Labute approximate surface area is 268 Å². The Kier molecular flexibility index (Phi) is 8.05. The van der Waals surface area contributed by atoms with Gasteiger partial charge in [0.15, 0.2) is 0 Å². The monoisotopic (exact) mass is 748 g/mol. The van der Waals surface area contributed by atoms with Crippen molar-refractivity contribution < 1.29 is 28.6 Å². The first kappa shape index (κ1) is 26.3. The molecule has 215 valence electrons. The van der Waals surface area contributed by atoms with Crippen molar-refractivity contribution in [2.75, 3.05) is 0 Å². The second kappa shape index (κ2) is 12.9. The van der Waals surface area contributed by atoms with E-state index in [-0.39, 0.29) is 25.7 Å². The predicted octanol–water partition coefficient (Wildman–Crippen LogP) is 9.51. The minimum absolute atomic E-state index is 0. The molecule has 1 saturated carbocycles. The van der Waals surface area contributed by atoms with Gasteiger partial charge < -0.3 is 14.4 Å². The molecule has 6 aromatic rings. The molecule has 0 N–H and O–H groups in total. The molecule has 1 fully saturated rings. The van der Waals surface area contributed by atoms with E-state index in [0.717, 1.165) is 39.1 Å². The zero-order valence-corrected chi connectivity index (χ0v) is 27.6. The molecular weight excluding hydrogens is 709 g/mol. The normalized spacial score (nSPS) is 14.9. The van der Waals surface area contributed by atoms with E-state index in [1.165, 1.54) is 48.0 Å². The molecular formula is C37H36IrN2OSi-2. The van der Waals surface area contributed by atoms with Gasteiger partial charge in [-0.05, 0) is 54.7 Å². The molecule has 7 rings (SSSR count). The number of pyridine rings is 2. The molecule has 0 atom stereocenters. The zero-order valence-electron chi connectivity index (χ0n) is 27.2. The van der Waals surface area contributed by atoms with E-state index in [4.69, 9.17) is 8.53 Å². The van der Waals surface area contributed by atoms with Gasteiger partial charge in [0.05, 0.1) is 13.7 Å². The van der Waals surface area contributed by atoms with E-state index in [1.807, 2.05) is 30.5 Å². The number of nitrogens with zero attached hydrogens (tertiary/aromatic N) is 2. The number of fused-ring (bicyclic) bond motifs is 3. The van der Waals surface area contributed by atoms with E-state index >= 15 is 0 Å². The van der Waals surface area contributed by atoms with Crippen molar-refractivity contribution in [1.82, 2.24) is 9.97 Å². The van der Waals surface area contributed by atoms with Crippen LogP contribution in [0.3, 0.4) is 0 Å². The Bertz CT molecular complexity index is 1890. The van der Waals surface area contributed by atoms with Crippen LogP contribution in [0.5, 0.6) is 0 Å². The fourth-order valence-electron chi connectivity index (χ4n) is 5.60. The predicted molar refractivity (Wildman–Crippen MR) is 173 cm³/mol. The van der Waals surface area contributed by atoms with E-state index in [9.17, 15) is 0 Å². The van der Waals surface area contributed by atoms with Gasteiger partial charge in [-0.15, -0.1) is 54.1 Å². The molecule has 3 aromatic carbocycles. The topological polar surface area (TPSA) is 38.9 Å². The van der Waals surface area contributed by atoms with Crippen molar-refractivity contribution in [3.05, 3.63) is 115 Å². The number of aryl methyl sites for hydroxylation is 1. The third-order valence-corrected chi connectivity index (χ3v) is 9.96. The molecule has 3 nitrogen and oxygen atoms in total. The third-order valence-electron chi connectivity index (χ3n) is 7.91. The Morgan fingerprint density at radius 2 is 1.71 bits per heavy atom. The van der Waals surface area contributed by atoms with E-state index in [2.05, 4.69) is 78.1 Å². The average Bonchev–Trinajstić information content (AvgIpc) is 3.70. The number of furan rings is 1. The molecule has 0 saturated heterocycles. The third kappa shape index (κ3) is 6.49. The van der Waals surface area contributed by atoms with Crippen molar-refractivity contribution in [2.45, 2.75) is 58.1 Å². The maximum absolute atomic E-state index is 7.23. The van der Waals surface area contributed by atoms with E-state index in [1.54, 1.807) is 18.2 Å². The van der Waals surface area contributed by atoms with Crippen molar-refractivity contribution in [1.29, 1.82) is 0 Å². The van der Waals surface area contributed by atoms with E-state index < -0.39 is 14.9 Å². The first-order valence-electron chi connectivity index (χ1n) is 15.9. The average molecular weight is 748 g/mol. The quantitative estimate of drug-likeness (QED) is 0.133. The summed E-state index contributed by atoms with van der Waals surface area (Å²) in [5.41, 5.74) is 7.05. The van der Waals surface area contributed by atoms with Gasteiger partial charge in [-0.1, -0.05) is 84.5 Å². The van der Waals surface area contributed by atoms with Gasteiger partial charge in [0.1, 0.15) is 5.58 Å². The van der Waals surface area contributed by atoms with Crippen LogP contribution in [0.2, 0.25) is 19.6 Å². The van der Waals surface area contributed by atoms with Gasteiger partial charge in [-0.2, -0.15) is 0 Å². The van der Waals surface area contributed by atoms with Gasteiger partial charge in [0.25, 0.3) is 0 Å². The van der Waals surface area contributed by atoms with E-state index in [0.29, 0.717) is 5.92 Å². The summed E-state index contributed by atoms with van der Waals surface area (Å²) in [7, 11) is -1.37. The van der Waals surface area contributed by atoms with Crippen LogP contribution in [-0.2, 0) is 20.1 Å². The SMILES string of the molecule is C[Si](C)(C)c1ccc2oc3c(-c4cc(C5CCCC5)ccn4)[c-]ccc3c2c1.[2H]C([2H])([2H])c1ccc(-c2[c-]cccc2)nc1.[Ir]. The number of hydrogen-bond acceptors (Lipinski definition) is 3. The summed E-state index contributed by atoms with van der Waals surface area (Å²) in [4.78, 5) is 8.80. The minimum atomic E-state index is -2.09. The second-order valence-electron chi connectivity index (χ2n) is 11.8. The number of aromatic nitrogens is 2. The number of rotatable bonds is 4. The molecule has 0 unspecified atom stereocenters. The van der Waals surface area contributed by atoms with Gasteiger partial charge in [-0.25, -0.2) is 0 Å². The first-order chi connectivity index (χ1) is 21.1. The zero-order chi connectivity index (χ0) is 30.9. The fraction of sp³-hybridized carbons (Fsp3) is 0.243. The summed E-state index contributed by atoms with van der Waals surface area (Å²) in [5.74, 6) is 0.677.